The van der Waals surface area contributed by atoms with Gasteiger partial charge in [0.2, 0.25) is 0 Å². The van der Waals surface area contributed by atoms with Crippen LogP contribution in [-0.2, 0) is 15.0 Å². The Bertz CT molecular complexity index is 1090. The van der Waals surface area contributed by atoms with Gasteiger partial charge in [0, 0.05) is 18.7 Å². The van der Waals surface area contributed by atoms with Gasteiger partial charge in [0.25, 0.3) is 11.7 Å². The molecule has 0 spiro atoms. The van der Waals surface area contributed by atoms with Crippen LogP contribution in [0.3, 0.4) is 0 Å². The SMILES string of the molecule is CCOc1ccc(/C(O)=C2\C(=O)C(=O)N(CCN(C)C)C2c2ccc(C(C)(C)C)cc2)c(C)c1. The number of aliphatic hydroxyl groups is 1. The zero-order valence-corrected chi connectivity index (χ0v) is 21.3. The van der Waals surface area contributed by atoms with Gasteiger partial charge < -0.3 is 19.6 Å². The average Bonchev–Trinajstić information content (AvgIpc) is 3.02. The number of ketones is 1. The Balaban J connectivity index is 2.14. The van der Waals surface area contributed by atoms with Crippen LogP contribution in [-0.4, -0.2) is 60.4 Å². The van der Waals surface area contributed by atoms with Gasteiger partial charge in [-0.15, -0.1) is 0 Å². The zero-order valence-electron chi connectivity index (χ0n) is 21.3. The van der Waals surface area contributed by atoms with Gasteiger partial charge >= 0.3 is 0 Å². The summed E-state index contributed by atoms with van der Waals surface area (Å²) in [5, 5.41) is 11.3. The predicted molar refractivity (Wildman–Crippen MR) is 135 cm³/mol. The van der Waals surface area contributed by atoms with Gasteiger partial charge in [0.05, 0.1) is 18.2 Å². The van der Waals surface area contributed by atoms with E-state index in [1.54, 1.807) is 17.0 Å². The van der Waals surface area contributed by atoms with E-state index in [4.69, 9.17) is 4.74 Å². The lowest BCUT2D eigenvalue weighted by Gasteiger charge is -2.27. The van der Waals surface area contributed by atoms with Gasteiger partial charge in [-0.1, -0.05) is 45.0 Å². The number of hydrogen-bond donors (Lipinski definition) is 1. The smallest absolute Gasteiger partial charge is 0.295 e. The number of benzene rings is 2. The lowest BCUT2D eigenvalue weighted by atomic mass is 9.85. The number of amides is 1. The number of Topliss-reactive ketones (excluding diaryl/α,β-unsaturated/α-hetero) is 1. The molecule has 1 saturated heterocycles. The summed E-state index contributed by atoms with van der Waals surface area (Å²) in [5.74, 6) is -0.709. The van der Waals surface area contributed by atoms with Crippen LogP contribution >= 0.6 is 0 Å². The second kappa shape index (κ2) is 10.0. The molecule has 1 atom stereocenters. The van der Waals surface area contributed by atoms with Crippen LogP contribution in [0.1, 0.15) is 56.0 Å². The van der Waals surface area contributed by atoms with Crippen LogP contribution < -0.4 is 4.74 Å². The van der Waals surface area contributed by atoms with Crippen LogP contribution in [0.2, 0.25) is 0 Å². The van der Waals surface area contributed by atoms with Crippen molar-refractivity contribution in [1.29, 1.82) is 0 Å². The average molecular weight is 465 g/mol. The number of likely N-dealkylation sites (N-methyl/N-ethyl adjacent to an activating group) is 1. The Morgan fingerprint density at radius 1 is 1.09 bits per heavy atom. The molecule has 3 rings (SSSR count). The first-order chi connectivity index (χ1) is 16.0. The number of nitrogens with zero attached hydrogens (tertiary/aromatic N) is 2. The highest BCUT2D eigenvalue weighted by Gasteiger charge is 2.46. The Labute approximate surface area is 202 Å². The molecule has 6 nitrogen and oxygen atoms in total. The van der Waals surface area contributed by atoms with Gasteiger partial charge in [-0.2, -0.15) is 0 Å². The van der Waals surface area contributed by atoms with E-state index in [9.17, 15) is 14.7 Å². The molecular formula is C28H36N2O4. The molecule has 1 fully saturated rings. The van der Waals surface area contributed by atoms with Crippen molar-refractivity contribution in [1.82, 2.24) is 9.80 Å². The summed E-state index contributed by atoms with van der Waals surface area (Å²) in [6.07, 6.45) is 0. The van der Waals surface area contributed by atoms with Crippen molar-refractivity contribution in [3.05, 3.63) is 70.3 Å². The fourth-order valence-electron chi connectivity index (χ4n) is 4.23. The topological polar surface area (TPSA) is 70.1 Å². The minimum absolute atomic E-state index is 0.0231. The largest absolute Gasteiger partial charge is 0.507 e. The van der Waals surface area contributed by atoms with Crippen molar-refractivity contribution in [3.63, 3.8) is 0 Å². The van der Waals surface area contributed by atoms with E-state index in [2.05, 4.69) is 20.8 Å². The summed E-state index contributed by atoms with van der Waals surface area (Å²) in [6, 6.07) is 12.7. The highest BCUT2D eigenvalue weighted by Crippen LogP contribution is 2.40. The Morgan fingerprint density at radius 3 is 2.26 bits per heavy atom. The van der Waals surface area contributed by atoms with Gasteiger partial charge in [-0.25, -0.2) is 0 Å². The van der Waals surface area contributed by atoms with E-state index in [1.165, 1.54) is 0 Å². The fourth-order valence-corrected chi connectivity index (χ4v) is 4.23. The van der Waals surface area contributed by atoms with Crippen molar-refractivity contribution in [3.8, 4) is 5.75 Å². The molecule has 182 valence electrons. The Hall–Kier alpha value is -3.12. The number of ether oxygens (including phenoxy) is 1. The molecule has 1 aliphatic heterocycles. The van der Waals surface area contributed by atoms with E-state index in [0.717, 1.165) is 16.7 Å². The molecule has 1 unspecified atom stereocenters. The first kappa shape index (κ1) is 25.5. The summed E-state index contributed by atoms with van der Waals surface area (Å²) in [7, 11) is 3.85. The van der Waals surface area contributed by atoms with Crippen LogP contribution in [0, 0.1) is 6.92 Å². The second-order valence-electron chi connectivity index (χ2n) is 10.1. The number of carbonyl (C=O) groups is 2. The molecule has 34 heavy (non-hydrogen) atoms. The van der Waals surface area contributed by atoms with Gasteiger partial charge in [0.1, 0.15) is 11.5 Å². The van der Waals surface area contributed by atoms with Gasteiger partial charge in [-0.3, -0.25) is 9.59 Å². The molecule has 0 radical (unpaired) electrons. The van der Waals surface area contributed by atoms with Crippen molar-refractivity contribution in [2.45, 2.75) is 46.1 Å². The molecule has 2 aromatic rings. The number of aliphatic hydroxyl groups excluding tert-OH is 1. The van der Waals surface area contributed by atoms with Crippen molar-refractivity contribution >= 4 is 17.4 Å². The molecule has 2 aromatic carbocycles. The maximum Gasteiger partial charge on any atom is 0.295 e. The number of likely N-dealkylation sites (tertiary alicyclic amines) is 1. The summed E-state index contributed by atoms with van der Waals surface area (Å²) >= 11 is 0. The summed E-state index contributed by atoms with van der Waals surface area (Å²) in [5.41, 5.74) is 3.35. The molecule has 1 heterocycles. The Morgan fingerprint density at radius 2 is 1.74 bits per heavy atom. The summed E-state index contributed by atoms with van der Waals surface area (Å²) < 4.78 is 5.55. The summed E-state index contributed by atoms with van der Waals surface area (Å²) in [4.78, 5) is 29.9. The van der Waals surface area contributed by atoms with E-state index >= 15 is 0 Å². The molecule has 0 aromatic heterocycles. The Kier molecular flexibility index (Phi) is 7.51. The quantitative estimate of drug-likeness (QED) is 0.366. The maximum absolute atomic E-state index is 13.2. The van der Waals surface area contributed by atoms with Crippen LogP contribution in [0.15, 0.2) is 48.0 Å². The van der Waals surface area contributed by atoms with Gasteiger partial charge in [0.15, 0.2) is 0 Å². The number of rotatable bonds is 7. The van der Waals surface area contributed by atoms with E-state index < -0.39 is 17.7 Å². The first-order valence-corrected chi connectivity index (χ1v) is 11.7. The molecular weight excluding hydrogens is 428 g/mol. The van der Waals surface area contributed by atoms with E-state index in [1.807, 2.05) is 63.2 Å². The molecule has 1 amide bonds. The molecule has 0 aliphatic carbocycles. The standard InChI is InChI=1S/C28H36N2O4/c1-8-34-21-13-14-22(18(2)17-21)25(31)23-24(19-9-11-20(12-10-19)28(3,4)5)30(16-15-29(6)7)27(33)26(23)32/h9-14,17,24,31H,8,15-16H2,1-7H3/b25-23+. The van der Waals surface area contributed by atoms with E-state index in [0.29, 0.717) is 31.0 Å². The molecule has 0 bridgehead atoms. The number of carbonyl (C=O) groups excluding carboxylic acids is 2. The molecule has 0 saturated carbocycles. The minimum atomic E-state index is -0.658. The first-order valence-electron chi connectivity index (χ1n) is 11.7. The minimum Gasteiger partial charge on any atom is -0.507 e. The number of hydrogen-bond acceptors (Lipinski definition) is 5. The second-order valence-corrected chi connectivity index (χ2v) is 10.1. The number of aryl methyl sites for hydroxylation is 1. The predicted octanol–water partition coefficient (Wildman–Crippen LogP) is 4.67. The van der Waals surface area contributed by atoms with Crippen LogP contribution in [0.5, 0.6) is 5.75 Å². The summed E-state index contributed by atoms with van der Waals surface area (Å²) in [6.45, 7) is 11.7. The zero-order chi connectivity index (χ0) is 25.2. The van der Waals surface area contributed by atoms with Gasteiger partial charge in [-0.05, 0) is 68.2 Å². The molecule has 6 heteroatoms. The normalized spacial score (nSPS) is 18.1. The third kappa shape index (κ3) is 5.17. The van der Waals surface area contributed by atoms with Crippen molar-refractivity contribution in [2.75, 3.05) is 33.8 Å². The third-order valence-corrected chi connectivity index (χ3v) is 6.18. The lowest BCUT2D eigenvalue weighted by molar-refractivity contribution is -0.140. The third-order valence-electron chi connectivity index (χ3n) is 6.18. The molecule has 1 aliphatic rings. The van der Waals surface area contributed by atoms with Crippen LogP contribution in [0.25, 0.3) is 5.76 Å². The van der Waals surface area contributed by atoms with Crippen molar-refractivity contribution < 1.29 is 19.4 Å². The highest BCUT2D eigenvalue weighted by atomic mass is 16.5. The lowest BCUT2D eigenvalue weighted by Crippen LogP contribution is -2.35. The monoisotopic (exact) mass is 464 g/mol. The van der Waals surface area contributed by atoms with E-state index in [-0.39, 0.29) is 16.7 Å². The molecule has 1 N–H and O–H groups in total. The van der Waals surface area contributed by atoms with Crippen molar-refractivity contribution in [2.24, 2.45) is 0 Å². The maximum atomic E-state index is 13.2. The highest BCUT2D eigenvalue weighted by molar-refractivity contribution is 6.46. The van der Waals surface area contributed by atoms with Crippen LogP contribution in [0.4, 0.5) is 0 Å². The fraction of sp³-hybridized carbons (Fsp3) is 0.429.